The van der Waals surface area contributed by atoms with E-state index in [2.05, 4.69) is 26.1 Å². The van der Waals surface area contributed by atoms with Crippen LogP contribution in [0.2, 0.25) is 0 Å². The molecular weight excluding hydrogens is 222 g/mol. The first-order valence-electron chi connectivity index (χ1n) is 7.25. The summed E-state index contributed by atoms with van der Waals surface area (Å²) in [5, 5.41) is 3.49. The zero-order valence-electron chi connectivity index (χ0n) is 11.7. The van der Waals surface area contributed by atoms with Crippen LogP contribution in [0.5, 0.6) is 0 Å². The summed E-state index contributed by atoms with van der Waals surface area (Å²) in [6, 6.07) is 0. The molecule has 98 valence electrons. The van der Waals surface area contributed by atoms with E-state index in [9.17, 15) is 0 Å². The summed E-state index contributed by atoms with van der Waals surface area (Å²) in [5.74, 6) is 2.78. The molecule has 3 nitrogen and oxygen atoms in total. The highest BCUT2D eigenvalue weighted by atomic mass is 15.0. The highest BCUT2D eigenvalue weighted by Crippen LogP contribution is 2.57. The summed E-state index contributed by atoms with van der Waals surface area (Å²) in [4.78, 5) is 9.65. The fraction of sp³-hybridized carbons (Fsp3) is 0.733. The number of nitrogens with one attached hydrogen (secondary N) is 1. The first-order chi connectivity index (χ1) is 8.62. The maximum atomic E-state index is 4.83. The molecule has 1 fully saturated rings. The molecule has 1 unspecified atom stereocenters. The van der Waals surface area contributed by atoms with Crippen molar-refractivity contribution in [3.05, 3.63) is 17.1 Å². The van der Waals surface area contributed by atoms with Crippen LogP contribution in [0.15, 0.2) is 0 Å². The molecule has 1 heterocycles. The summed E-state index contributed by atoms with van der Waals surface area (Å²) in [6.45, 7) is 7.83. The van der Waals surface area contributed by atoms with Gasteiger partial charge in [-0.15, -0.1) is 0 Å². The molecule has 2 aliphatic rings. The third-order valence-corrected chi connectivity index (χ3v) is 4.32. The second-order valence-corrected chi connectivity index (χ2v) is 6.38. The molecule has 18 heavy (non-hydrogen) atoms. The second kappa shape index (κ2) is 4.22. The molecule has 0 amide bonds. The normalized spacial score (nSPS) is 23.8. The van der Waals surface area contributed by atoms with Crippen molar-refractivity contribution in [3.8, 4) is 0 Å². The van der Waals surface area contributed by atoms with Gasteiger partial charge in [0.1, 0.15) is 11.6 Å². The van der Waals surface area contributed by atoms with E-state index in [1.54, 1.807) is 0 Å². The summed E-state index contributed by atoms with van der Waals surface area (Å²) >= 11 is 0. The highest BCUT2D eigenvalue weighted by molar-refractivity contribution is 5.49. The SMILES string of the molecule is CCCNc1nc(C2CC2(C)C)nc2c1CCC2. The molecule has 0 aromatic carbocycles. The van der Waals surface area contributed by atoms with Crippen LogP contribution in [0.1, 0.15) is 63.0 Å². The molecular formula is C15H23N3. The van der Waals surface area contributed by atoms with Crippen LogP contribution in [0.25, 0.3) is 0 Å². The Hall–Kier alpha value is -1.12. The fourth-order valence-electron chi connectivity index (χ4n) is 2.90. The quantitative estimate of drug-likeness (QED) is 0.884. The van der Waals surface area contributed by atoms with Gasteiger partial charge in [0.2, 0.25) is 0 Å². The molecule has 0 radical (unpaired) electrons. The summed E-state index contributed by atoms with van der Waals surface area (Å²) in [7, 11) is 0. The summed E-state index contributed by atoms with van der Waals surface area (Å²) < 4.78 is 0. The van der Waals surface area contributed by atoms with E-state index in [0.717, 1.165) is 37.4 Å². The smallest absolute Gasteiger partial charge is 0.134 e. The predicted molar refractivity (Wildman–Crippen MR) is 74.0 cm³/mol. The van der Waals surface area contributed by atoms with E-state index < -0.39 is 0 Å². The van der Waals surface area contributed by atoms with Crippen molar-refractivity contribution in [2.24, 2.45) is 5.41 Å². The van der Waals surface area contributed by atoms with Gasteiger partial charge in [-0.2, -0.15) is 0 Å². The van der Waals surface area contributed by atoms with E-state index in [1.165, 1.54) is 24.1 Å². The fourth-order valence-corrected chi connectivity index (χ4v) is 2.90. The van der Waals surface area contributed by atoms with Crippen LogP contribution in [-0.2, 0) is 12.8 Å². The molecule has 0 bridgehead atoms. The zero-order valence-corrected chi connectivity index (χ0v) is 11.7. The Morgan fingerprint density at radius 3 is 2.72 bits per heavy atom. The van der Waals surface area contributed by atoms with Crippen LogP contribution < -0.4 is 5.32 Å². The molecule has 0 aliphatic heterocycles. The molecule has 2 aliphatic carbocycles. The van der Waals surface area contributed by atoms with Crippen molar-refractivity contribution in [2.45, 2.75) is 58.8 Å². The zero-order chi connectivity index (χ0) is 12.8. The van der Waals surface area contributed by atoms with Gasteiger partial charge in [-0.1, -0.05) is 20.8 Å². The van der Waals surface area contributed by atoms with E-state index in [4.69, 9.17) is 9.97 Å². The van der Waals surface area contributed by atoms with Crippen molar-refractivity contribution < 1.29 is 0 Å². The Morgan fingerprint density at radius 1 is 1.28 bits per heavy atom. The van der Waals surface area contributed by atoms with Gasteiger partial charge in [0, 0.05) is 23.7 Å². The van der Waals surface area contributed by atoms with Crippen LogP contribution in [-0.4, -0.2) is 16.5 Å². The summed E-state index contributed by atoms with van der Waals surface area (Å²) in [5.41, 5.74) is 3.10. The minimum atomic E-state index is 0.412. The molecule has 3 rings (SSSR count). The molecule has 1 atom stereocenters. The monoisotopic (exact) mass is 245 g/mol. The van der Waals surface area contributed by atoms with E-state index in [0.29, 0.717) is 11.3 Å². The van der Waals surface area contributed by atoms with Crippen molar-refractivity contribution in [1.82, 2.24) is 9.97 Å². The largest absolute Gasteiger partial charge is 0.370 e. The van der Waals surface area contributed by atoms with E-state index in [1.807, 2.05) is 0 Å². The number of aryl methyl sites for hydroxylation is 1. The lowest BCUT2D eigenvalue weighted by Gasteiger charge is -2.12. The van der Waals surface area contributed by atoms with Crippen molar-refractivity contribution >= 4 is 5.82 Å². The van der Waals surface area contributed by atoms with Crippen LogP contribution >= 0.6 is 0 Å². The van der Waals surface area contributed by atoms with Crippen LogP contribution in [0, 0.1) is 5.41 Å². The second-order valence-electron chi connectivity index (χ2n) is 6.38. The molecule has 1 aromatic heterocycles. The molecule has 0 spiro atoms. The van der Waals surface area contributed by atoms with Gasteiger partial charge in [-0.3, -0.25) is 0 Å². The van der Waals surface area contributed by atoms with Crippen LogP contribution in [0.4, 0.5) is 5.82 Å². The number of hydrogen-bond acceptors (Lipinski definition) is 3. The number of aromatic nitrogens is 2. The van der Waals surface area contributed by atoms with Crippen molar-refractivity contribution in [3.63, 3.8) is 0 Å². The summed E-state index contributed by atoms with van der Waals surface area (Å²) in [6.07, 6.45) is 5.90. The van der Waals surface area contributed by atoms with Gasteiger partial charge in [-0.05, 0) is 37.5 Å². The van der Waals surface area contributed by atoms with Gasteiger partial charge >= 0.3 is 0 Å². The molecule has 0 saturated heterocycles. The average molecular weight is 245 g/mol. The van der Waals surface area contributed by atoms with Gasteiger partial charge in [0.25, 0.3) is 0 Å². The van der Waals surface area contributed by atoms with Crippen molar-refractivity contribution in [2.75, 3.05) is 11.9 Å². The lowest BCUT2D eigenvalue weighted by Crippen LogP contribution is -2.10. The number of fused-ring (bicyclic) bond motifs is 1. The first kappa shape index (κ1) is 11.9. The third-order valence-electron chi connectivity index (χ3n) is 4.32. The number of anilines is 1. The maximum Gasteiger partial charge on any atom is 0.134 e. The number of hydrogen-bond donors (Lipinski definition) is 1. The molecule has 1 saturated carbocycles. The van der Waals surface area contributed by atoms with E-state index >= 15 is 0 Å². The standard InChI is InChI=1S/C15H23N3/c1-4-8-16-13-10-6-5-7-12(10)17-14(18-13)11-9-15(11,2)3/h11H,4-9H2,1-3H3,(H,16,17,18). The highest BCUT2D eigenvalue weighted by Gasteiger charge is 2.49. The lowest BCUT2D eigenvalue weighted by atomic mass is 10.1. The van der Waals surface area contributed by atoms with Gasteiger partial charge in [0.05, 0.1) is 0 Å². The number of nitrogens with zero attached hydrogens (tertiary/aromatic N) is 2. The third kappa shape index (κ3) is 2.00. The molecule has 1 aromatic rings. The Kier molecular flexibility index (Phi) is 2.80. The number of rotatable bonds is 4. The Morgan fingerprint density at radius 2 is 2.06 bits per heavy atom. The maximum absolute atomic E-state index is 4.83. The average Bonchev–Trinajstić information content (AvgIpc) is 2.77. The Bertz CT molecular complexity index is 465. The van der Waals surface area contributed by atoms with E-state index in [-0.39, 0.29) is 0 Å². The molecule has 3 heteroatoms. The predicted octanol–water partition coefficient (Wildman–Crippen LogP) is 3.30. The Labute approximate surface area is 109 Å². The lowest BCUT2D eigenvalue weighted by molar-refractivity contribution is 0.607. The minimum Gasteiger partial charge on any atom is -0.370 e. The topological polar surface area (TPSA) is 37.8 Å². The minimum absolute atomic E-state index is 0.412. The van der Waals surface area contributed by atoms with Crippen molar-refractivity contribution in [1.29, 1.82) is 0 Å². The van der Waals surface area contributed by atoms with Crippen LogP contribution in [0.3, 0.4) is 0 Å². The first-order valence-corrected chi connectivity index (χ1v) is 7.25. The van der Waals surface area contributed by atoms with Gasteiger partial charge in [-0.25, -0.2) is 9.97 Å². The molecule has 1 N–H and O–H groups in total. The van der Waals surface area contributed by atoms with Gasteiger partial charge in [0.15, 0.2) is 0 Å². The van der Waals surface area contributed by atoms with Gasteiger partial charge < -0.3 is 5.32 Å². The Balaban J connectivity index is 1.92.